The lowest BCUT2D eigenvalue weighted by Gasteiger charge is -2.48. The summed E-state index contributed by atoms with van der Waals surface area (Å²) < 4.78 is 0. The van der Waals surface area contributed by atoms with Gasteiger partial charge in [-0.15, -0.1) is 0 Å². The van der Waals surface area contributed by atoms with Gasteiger partial charge in [-0.2, -0.15) is 0 Å². The van der Waals surface area contributed by atoms with Crippen LogP contribution in [0.4, 0.5) is 0 Å². The summed E-state index contributed by atoms with van der Waals surface area (Å²) in [5, 5.41) is 3.74. The van der Waals surface area contributed by atoms with Gasteiger partial charge in [0.2, 0.25) is 0 Å². The SMILES string of the molecule is CC(C)N1CCNC(C2[CH]N(C)CCN2C(C)C)C1. The number of rotatable bonds is 3. The molecule has 2 aliphatic rings. The highest BCUT2D eigenvalue weighted by Crippen LogP contribution is 2.21. The largest absolute Gasteiger partial charge is 0.310 e. The van der Waals surface area contributed by atoms with Gasteiger partial charge in [0, 0.05) is 63.4 Å². The van der Waals surface area contributed by atoms with E-state index in [0.717, 1.165) is 19.6 Å². The molecule has 0 saturated carbocycles. The Hall–Kier alpha value is -0.160. The minimum atomic E-state index is 0.528. The molecule has 0 aliphatic carbocycles. The molecule has 2 unspecified atom stereocenters. The Morgan fingerprint density at radius 3 is 2.42 bits per heavy atom. The Bertz CT molecular complexity index is 279. The highest BCUT2D eigenvalue weighted by atomic mass is 15.3. The molecule has 111 valence electrons. The van der Waals surface area contributed by atoms with Crippen LogP contribution in [0.5, 0.6) is 0 Å². The van der Waals surface area contributed by atoms with E-state index in [2.05, 4.69) is 61.3 Å². The normalized spacial score (nSPS) is 32.4. The predicted molar refractivity (Wildman–Crippen MR) is 81.1 cm³/mol. The lowest BCUT2D eigenvalue weighted by molar-refractivity contribution is 0.0448. The standard InChI is InChI=1S/C15H31N4/c1-12(2)18-7-6-16-14(10-18)15-11-17(5)8-9-19(15)13(3)4/h11-16H,6-10H2,1-5H3. The molecule has 1 radical (unpaired) electrons. The van der Waals surface area contributed by atoms with Gasteiger partial charge in [0.05, 0.1) is 0 Å². The average Bonchev–Trinajstić information content (AvgIpc) is 2.38. The number of nitrogens with zero attached hydrogens (tertiary/aromatic N) is 3. The molecule has 2 atom stereocenters. The second-order valence-corrected chi connectivity index (χ2v) is 6.60. The first kappa shape index (κ1) is 15.2. The Kier molecular flexibility index (Phi) is 5.23. The molecule has 19 heavy (non-hydrogen) atoms. The van der Waals surface area contributed by atoms with Crippen LogP contribution >= 0.6 is 0 Å². The fourth-order valence-corrected chi connectivity index (χ4v) is 3.28. The summed E-state index contributed by atoms with van der Waals surface area (Å²) >= 11 is 0. The zero-order chi connectivity index (χ0) is 14.0. The van der Waals surface area contributed by atoms with Crippen molar-refractivity contribution in [3.05, 3.63) is 6.54 Å². The van der Waals surface area contributed by atoms with Crippen molar-refractivity contribution in [2.45, 2.75) is 51.9 Å². The Labute approximate surface area is 119 Å². The third-order valence-corrected chi connectivity index (χ3v) is 4.54. The van der Waals surface area contributed by atoms with Crippen LogP contribution in [0.1, 0.15) is 27.7 Å². The number of hydrogen-bond acceptors (Lipinski definition) is 4. The first-order chi connectivity index (χ1) is 8.99. The summed E-state index contributed by atoms with van der Waals surface area (Å²) in [5.74, 6) is 0. The second kappa shape index (κ2) is 6.53. The Morgan fingerprint density at radius 1 is 1.05 bits per heavy atom. The molecule has 1 N–H and O–H groups in total. The van der Waals surface area contributed by atoms with Crippen LogP contribution in [0.25, 0.3) is 0 Å². The van der Waals surface area contributed by atoms with E-state index in [1.165, 1.54) is 13.1 Å². The van der Waals surface area contributed by atoms with Gasteiger partial charge in [-0.1, -0.05) is 0 Å². The molecule has 2 fully saturated rings. The lowest BCUT2D eigenvalue weighted by Crippen LogP contribution is -2.65. The minimum absolute atomic E-state index is 0.528. The first-order valence-electron chi connectivity index (χ1n) is 7.77. The first-order valence-corrected chi connectivity index (χ1v) is 7.77. The summed E-state index contributed by atoms with van der Waals surface area (Å²) in [7, 11) is 2.20. The molecule has 2 heterocycles. The van der Waals surface area contributed by atoms with Crippen molar-refractivity contribution < 1.29 is 0 Å². The zero-order valence-corrected chi connectivity index (χ0v) is 13.3. The summed E-state index contributed by atoms with van der Waals surface area (Å²) in [6.07, 6.45) is 0. The molecule has 0 spiro atoms. The molecular formula is C15H31N4. The smallest absolute Gasteiger partial charge is 0.0436 e. The second-order valence-electron chi connectivity index (χ2n) is 6.60. The van der Waals surface area contributed by atoms with Crippen molar-refractivity contribution >= 4 is 0 Å². The van der Waals surface area contributed by atoms with E-state index in [1.54, 1.807) is 0 Å². The third-order valence-electron chi connectivity index (χ3n) is 4.54. The summed E-state index contributed by atoms with van der Waals surface area (Å²) in [6.45, 7) is 17.4. The summed E-state index contributed by atoms with van der Waals surface area (Å²) in [5.41, 5.74) is 0. The molecule has 2 aliphatic heterocycles. The predicted octanol–water partition coefficient (Wildman–Crippen LogP) is 0.855. The molecule has 4 heteroatoms. The van der Waals surface area contributed by atoms with Crippen molar-refractivity contribution in [1.82, 2.24) is 20.0 Å². The minimum Gasteiger partial charge on any atom is -0.310 e. The van der Waals surface area contributed by atoms with Crippen LogP contribution in [0.15, 0.2) is 0 Å². The van der Waals surface area contributed by atoms with Gasteiger partial charge in [-0.05, 0) is 34.7 Å². The monoisotopic (exact) mass is 267 g/mol. The Morgan fingerprint density at radius 2 is 1.79 bits per heavy atom. The highest BCUT2D eigenvalue weighted by Gasteiger charge is 2.36. The molecule has 0 amide bonds. The number of hydrogen-bond donors (Lipinski definition) is 1. The van der Waals surface area contributed by atoms with Gasteiger partial charge in [-0.3, -0.25) is 14.7 Å². The van der Waals surface area contributed by atoms with Crippen LogP contribution in [-0.2, 0) is 0 Å². The highest BCUT2D eigenvalue weighted by molar-refractivity contribution is 5.01. The van der Waals surface area contributed by atoms with Crippen LogP contribution in [0.3, 0.4) is 0 Å². The summed E-state index contributed by atoms with van der Waals surface area (Å²) in [6, 6.07) is 2.35. The van der Waals surface area contributed by atoms with Gasteiger partial charge < -0.3 is 5.32 Å². The van der Waals surface area contributed by atoms with E-state index >= 15 is 0 Å². The fraction of sp³-hybridized carbons (Fsp3) is 0.933. The van der Waals surface area contributed by atoms with Crippen molar-refractivity contribution in [2.75, 3.05) is 39.8 Å². The van der Waals surface area contributed by atoms with Crippen molar-refractivity contribution in [2.24, 2.45) is 0 Å². The maximum absolute atomic E-state index is 3.74. The van der Waals surface area contributed by atoms with Gasteiger partial charge in [0.25, 0.3) is 0 Å². The van der Waals surface area contributed by atoms with Crippen LogP contribution in [0, 0.1) is 6.54 Å². The zero-order valence-electron chi connectivity index (χ0n) is 13.3. The van der Waals surface area contributed by atoms with Crippen LogP contribution in [0.2, 0.25) is 0 Å². The third kappa shape index (κ3) is 3.69. The Balaban J connectivity index is 2.03. The number of likely N-dealkylation sites (N-methyl/N-ethyl adjacent to an activating group) is 1. The molecule has 2 rings (SSSR count). The topological polar surface area (TPSA) is 21.8 Å². The van der Waals surface area contributed by atoms with E-state index < -0.39 is 0 Å². The van der Waals surface area contributed by atoms with Crippen LogP contribution in [-0.4, -0.2) is 78.6 Å². The fourth-order valence-electron chi connectivity index (χ4n) is 3.28. The van der Waals surface area contributed by atoms with Crippen LogP contribution < -0.4 is 5.32 Å². The van der Waals surface area contributed by atoms with Crippen molar-refractivity contribution in [3.8, 4) is 0 Å². The van der Waals surface area contributed by atoms with Gasteiger partial charge in [0.1, 0.15) is 0 Å². The van der Waals surface area contributed by atoms with E-state index in [0.29, 0.717) is 24.2 Å². The molecule has 4 nitrogen and oxygen atoms in total. The van der Waals surface area contributed by atoms with E-state index in [1.807, 2.05) is 0 Å². The quantitative estimate of drug-likeness (QED) is 0.818. The van der Waals surface area contributed by atoms with Crippen molar-refractivity contribution in [1.29, 1.82) is 0 Å². The lowest BCUT2D eigenvalue weighted by atomic mass is 9.99. The maximum Gasteiger partial charge on any atom is 0.0436 e. The van der Waals surface area contributed by atoms with Gasteiger partial charge in [-0.25, -0.2) is 0 Å². The maximum atomic E-state index is 3.74. The molecule has 0 aromatic rings. The van der Waals surface area contributed by atoms with Gasteiger partial charge >= 0.3 is 0 Å². The molecular weight excluding hydrogens is 236 g/mol. The average molecular weight is 267 g/mol. The van der Waals surface area contributed by atoms with E-state index in [9.17, 15) is 0 Å². The van der Waals surface area contributed by atoms with Gasteiger partial charge in [0.15, 0.2) is 0 Å². The number of piperazine rings is 2. The molecule has 0 bridgehead atoms. The molecule has 0 aromatic heterocycles. The van der Waals surface area contributed by atoms with Crippen molar-refractivity contribution in [3.63, 3.8) is 0 Å². The molecule has 2 saturated heterocycles. The van der Waals surface area contributed by atoms with E-state index in [-0.39, 0.29) is 0 Å². The summed E-state index contributed by atoms with van der Waals surface area (Å²) in [4.78, 5) is 7.60. The number of nitrogens with one attached hydrogen (secondary N) is 1. The van der Waals surface area contributed by atoms with E-state index in [4.69, 9.17) is 0 Å². The molecule has 0 aromatic carbocycles.